The number of nitrogens with zero attached hydrogens (tertiary/aromatic N) is 3. The molecule has 0 spiro atoms. The number of pyridine rings is 1. The lowest BCUT2D eigenvalue weighted by Gasteiger charge is -2.12. The smallest absolute Gasteiger partial charge is 0.191 e. The van der Waals surface area contributed by atoms with E-state index in [1.807, 2.05) is 42.6 Å². The molecule has 0 bridgehead atoms. The number of nitrogens with one attached hydrogen (secondary N) is 2. The molecule has 0 saturated carbocycles. The van der Waals surface area contributed by atoms with E-state index in [0.29, 0.717) is 6.54 Å². The minimum atomic E-state index is 0. The molecule has 0 unspecified atom stereocenters. The highest BCUT2D eigenvalue weighted by Crippen LogP contribution is 2.16. The normalized spacial score (nSPS) is 11.0. The minimum Gasteiger partial charge on any atom is -0.363 e. The Bertz CT molecular complexity index is 669. The Morgan fingerprint density at radius 2 is 1.92 bits per heavy atom. The molecule has 0 fully saturated rings. The van der Waals surface area contributed by atoms with Gasteiger partial charge in [-0.25, -0.2) is 9.98 Å². The van der Waals surface area contributed by atoms with Crippen molar-refractivity contribution < 1.29 is 0 Å². The van der Waals surface area contributed by atoms with Crippen molar-refractivity contribution in [1.29, 1.82) is 0 Å². The molecule has 0 aromatic carbocycles. The summed E-state index contributed by atoms with van der Waals surface area (Å²) >= 11 is 1.85. The number of aromatic nitrogens is 1. The predicted molar refractivity (Wildman–Crippen MR) is 119 cm³/mol. The number of guanidine groups is 1. The molecule has 2 rings (SSSR count). The Labute approximate surface area is 172 Å². The van der Waals surface area contributed by atoms with E-state index in [0.717, 1.165) is 36.9 Å². The lowest BCUT2D eigenvalue weighted by molar-refractivity contribution is 0.823. The average molecular weight is 473 g/mol. The summed E-state index contributed by atoms with van der Waals surface area (Å²) in [6.07, 6.45) is 2.92. The van der Waals surface area contributed by atoms with Gasteiger partial charge in [0.1, 0.15) is 5.82 Å². The summed E-state index contributed by atoms with van der Waals surface area (Å²) in [5.41, 5.74) is 1.15. The second-order valence-electron chi connectivity index (χ2n) is 5.69. The number of halogens is 1. The fourth-order valence-corrected chi connectivity index (χ4v) is 3.09. The van der Waals surface area contributed by atoms with E-state index in [-0.39, 0.29) is 24.0 Å². The Balaban J connectivity index is 0.00000312. The van der Waals surface area contributed by atoms with Gasteiger partial charge >= 0.3 is 0 Å². The highest BCUT2D eigenvalue weighted by atomic mass is 127. The van der Waals surface area contributed by atoms with Gasteiger partial charge in [-0.15, -0.1) is 35.3 Å². The predicted octanol–water partition coefficient (Wildman–Crippen LogP) is 3.64. The molecule has 0 aliphatic rings. The van der Waals surface area contributed by atoms with Gasteiger partial charge in [-0.1, -0.05) is 6.92 Å². The molecule has 0 amide bonds. The fraction of sp³-hybridized carbons (Fsp3) is 0.444. The Morgan fingerprint density at radius 1 is 1.16 bits per heavy atom. The van der Waals surface area contributed by atoms with Crippen LogP contribution in [-0.2, 0) is 19.5 Å². The molecule has 2 aromatic heterocycles. The lowest BCUT2D eigenvalue weighted by atomic mass is 10.2. The highest BCUT2D eigenvalue weighted by Gasteiger charge is 2.03. The van der Waals surface area contributed by atoms with E-state index >= 15 is 0 Å². The van der Waals surface area contributed by atoms with Crippen molar-refractivity contribution in [3.05, 3.63) is 45.8 Å². The summed E-state index contributed by atoms with van der Waals surface area (Å²) < 4.78 is 0. The first kappa shape index (κ1) is 21.7. The van der Waals surface area contributed by atoms with Gasteiger partial charge in [0, 0.05) is 36.6 Å². The molecule has 0 aliphatic heterocycles. The number of thiophene rings is 1. The Morgan fingerprint density at radius 3 is 2.56 bits per heavy atom. The van der Waals surface area contributed by atoms with Crippen molar-refractivity contribution in [3.63, 3.8) is 0 Å². The van der Waals surface area contributed by atoms with E-state index in [1.54, 1.807) is 0 Å². The zero-order chi connectivity index (χ0) is 17.4. The van der Waals surface area contributed by atoms with Gasteiger partial charge in [-0.2, -0.15) is 0 Å². The van der Waals surface area contributed by atoms with E-state index in [9.17, 15) is 0 Å². The van der Waals surface area contributed by atoms with Crippen molar-refractivity contribution in [2.24, 2.45) is 4.99 Å². The maximum Gasteiger partial charge on any atom is 0.191 e. The molecule has 2 heterocycles. The van der Waals surface area contributed by atoms with Crippen molar-refractivity contribution in [3.8, 4) is 0 Å². The molecule has 0 atom stereocenters. The van der Waals surface area contributed by atoms with Gasteiger partial charge in [-0.3, -0.25) is 0 Å². The van der Waals surface area contributed by atoms with E-state index in [2.05, 4.69) is 52.7 Å². The Hall–Kier alpha value is -1.35. The maximum absolute atomic E-state index is 4.68. The molecule has 2 N–H and O–H groups in total. The largest absolute Gasteiger partial charge is 0.363 e. The van der Waals surface area contributed by atoms with Crippen LogP contribution >= 0.6 is 35.3 Å². The molecular weight excluding hydrogens is 445 g/mol. The second-order valence-corrected chi connectivity index (χ2v) is 6.94. The van der Waals surface area contributed by atoms with E-state index in [1.165, 1.54) is 9.75 Å². The van der Waals surface area contributed by atoms with Crippen molar-refractivity contribution in [2.75, 3.05) is 25.5 Å². The SMILES string of the molecule is CCNC(=NCc1ccnc(N(C)C)c1)NCc1ccc(CC)s1.I. The molecule has 5 nitrogen and oxygen atoms in total. The van der Waals surface area contributed by atoms with Crippen LogP contribution in [0, 0.1) is 0 Å². The van der Waals surface area contributed by atoms with Gasteiger partial charge in [0.15, 0.2) is 5.96 Å². The second kappa shape index (κ2) is 11.3. The van der Waals surface area contributed by atoms with Crippen molar-refractivity contribution >= 4 is 47.1 Å². The fourth-order valence-electron chi connectivity index (χ4n) is 2.19. The number of aryl methyl sites for hydroxylation is 1. The monoisotopic (exact) mass is 473 g/mol. The van der Waals surface area contributed by atoms with Gasteiger partial charge in [0.2, 0.25) is 0 Å². The lowest BCUT2D eigenvalue weighted by Crippen LogP contribution is -2.36. The first-order chi connectivity index (χ1) is 11.6. The third-order valence-corrected chi connectivity index (χ3v) is 4.76. The summed E-state index contributed by atoms with van der Waals surface area (Å²) in [5, 5.41) is 6.70. The van der Waals surface area contributed by atoms with Crippen LogP contribution in [0.15, 0.2) is 35.5 Å². The van der Waals surface area contributed by atoms with Crippen molar-refractivity contribution in [2.45, 2.75) is 33.4 Å². The molecule has 25 heavy (non-hydrogen) atoms. The first-order valence-electron chi connectivity index (χ1n) is 8.34. The summed E-state index contributed by atoms with van der Waals surface area (Å²) in [4.78, 5) is 13.8. The minimum absolute atomic E-state index is 0. The molecule has 0 saturated heterocycles. The molecule has 7 heteroatoms. The summed E-state index contributed by atoms with van der Waals surface area (Å²) in [6, 6.07) is 8.46. The number of anilines is 1. The number of aliphatic imine (C=N–C) groups is 1. The molecule has 0 radical (unpaired) electrons. The van der Waals surface area contributed by atoms with Crippen LogP contribution < -0.4 is 15.5 Å². The van der Waals surface area contributed by atoms with Crippen LogP contribution in [-0.4, -0.2) is 31.6 Å². The van der Waals surface area contributed by atoms with Gasteiger partial charge in [0.25, 0.3) is 0 Å². The van der Waals surface area contributed by atoms with Crippen LogP contribution in [0.3, 0.4) is 0 Å². The zero-order valence-corrected chi connectivity index (χ0v) is 18.5. The standard InChI is InChI=1S/C18H27N5S.HI/c1-5-15-7-8-16(24-15)13-22-18(19-6-2)21-12-14-9-10-20-17(11-14)23(3)4;/h7-11H,5-6,12-13H2,1-4H3,(H2,19,21,22);1H. The summed E-state index contributed by atoms with van der Waals surface area (Å²) in [6.45, 7) is 6.54. The van der Waals surface area contributed by atoms with Gasteiger partial charge < -0.3 is 15.5 Å². The van der Waals surface area contributed by atoms with Crippen LogP contribution in [0.1, 0.15) is 29.2 Å². The number of hydrogen-bond donors (Lipinski definition) is 2. The van der Waals surface area contributed by atoms with Gasteiger partial charge in [0.05, 0.1) is 13.1 Å². The Kier molecular flexibility index (Phi) is 9.81. The quantitative estimate of drug-likeness (QED) is 0.366. The van der Waals surface area contributed by atoms with Crippen LogP contribution in [0.25, 0.3) is 0 Å². The summed E-state index contributed by atoms with van der Waals surface area (Å²) in [7, 11) is 3.99. The topological polar surface area (TPSA) is 52.6 Å². The summed E-state index contributed by atoms with van der Waals surface area (Å²) in [5.74, 6) is 1.79. The molecule has 2 aromatic rings. The molecule has 138 valence electrons. The van der Waals surface area contributed by atoms with Crippen LogP contribution in [0.4, 0.5) is 5.82 Å². The third kappa shape index (κ3) is 7.19. The van der Waals surface area contributed by atoms with Crippen LogP contribution in [0.5, 0.6) is 0 Å². The number of hydrogen-bond acceptors (Lipinski definition) is 4. The van der Waals surface area contributed by atoms with E-state index < -0.39 is 0 Å². The van der Waals surface area contributed by atoms with Crippen LogP contribution in [0.2, 0.25) is 0 Å². The molecule has 0 aliphatic carbocycles. The first-order valence-corrected chi connectivity index (χ1v) is 9.16. The van der Waals surface area contributed by atoms with Gasteiger partial charge in [-0.05, 0) is 43.2 Å². The maximum atomic E-state index is 4.68. The average Bonchev–Trinajstić information content (AvgIpc) is 3.05. The highest BCUT2D eigenvalue weighted by molar-refractivity contribution is 14.0. The molecular formula is C18H28IN5S. The number of rotatable bonds is 7. The van der Waals surface area contributed by atoms with Crippen molar-refractivity contribution in [1.82, 2.24) is 15.6 Å². The third-order valence-electron chi connectivity index (χ3n) is 3.53. The zero-order valence-electron chi connectivity index (χ0n) is 15.4. The van der Waals surface area contributed by atoms with E-state index in [4.69, 9.17) is 0 Å².